The van der Waals surface area contributed by atoms with Crippen LogP contribution < -0.4 is 5.73 Å². The van der Waals surface area contributed by atoms with Gasteiger partial charge in [0.25, 0.3) is 0 Å². The Balaban J connectivity index is 2.62. The summed E-state index contributed by atoms with van der Waals surface area (Å²) >= 11 is 0. The van der Waals surface area contributed by atoms with E-state index in [2.05, 4.69) is 39.5 Å². The zero-order valence-corrected chi connectivity index (χ0v) is 14.5. The molecule has 0 saturated carbocycles. The third kappa shape index (κ3) is 5.34. The number of hydrogen-bond acceptors (Lipinski definition) is 3. The summed E-state index contributed by atoms with van der Waals surface area (Å²) in [6, 6.07) is 0.448. The molecule has 20 heavy (non-hydrogen) atoms. The zero-order valence-electron chi connectivity index (χ0n) is 14.5. The lowest BCUT2D eigenvalue weighted by Gasteiger charge is -2.36. The maximum Gasteiger partial charge on any atom is 0.0638 e. The van der Waals surface area contributed by atoms with Crippen molar-refractivity contribution in [3.8, 4) is 0 Å². The summed E-state index contributed by atoms with van der Waals surface area (Å²) < 4.78 is 5.59. The van der Waals surface area contributed by atoms with Crippen molar-refractivity contribution in [1.29, 1.82) is 0 Å². The summed E-state index contributed by atoms with van der Waals surface area (Å²) in [4.78, 5) is 2.60. The van der Waals surface area contributed by atoms with Gasteiger partial charge < -0.3 is 10.5 Å². The van der Waals surface area contributed by atoms with Gasteiger partial charge in [0.15, 0.2) is 0 Å². The summed E-state index contributed by atoms with van der Waals surface area (Å²) in [5.41, 5.74) is 6.39. The topological polar surface area (TPSA) is 38.5 Å². The standard InChI is InChI=1S/C17H36N2O/c1-16(2,3)14-8-7-10-19(11-9-14)15(13-18)12-17(4,5)20-6/h14-15H,7-13,18H2,1-6H3. The number of nitrogens with two attached hydrogens (primary N) is 1. The van der Waals surface area contributed by atoms with Crippen molar-refractivity contribution in [2.24, 2.45) is 17.1 Å². The molecule has 2 unspecified atom stereocenters. The Kier molecular flexibility index (Phi) is 6.49. The van der Waals surface area contributed by atoms with Gasteiger partial charge in [0.05, 0.1) is 5.60 Å². The molecule has 0 aromatic heterocycles. The molecule has 0 spiro atoms. The highest BCUT2D eigenvalue weighted by Crippen LogP contribution is 2.35. The maximum absolute atomic E-state index is 6.04. The number of likely N-dealkylation sites (tertiary alicyclic amines) is 1. The highest BCUT2D eigenvalue weighted by molar-refractivity contribution is 4.85. The highest BCUT2D eigenvalue weighted by Gasteiger charge is 2.31. The first-order chi connectivity index (χ1) is 9.19. The van der Waals surface area contributed by atoms with E-state index in [1.165, 1.54) is 32.4 Å². The van der Waals surface area contributed by atoms with Crippen molar-refractivity contribution in [2.75, 3.05) is 26.7 Å². The lowest BCUT2D eigenvalue weighted by Crippen LogP contribution is -2.45. The van der Waals surface area contributed by atoms with Gasteiger partial charge in [-0.1, -0.05) is 20.8 Å². The molecule has 0 aromatic carbocycles. The molecule has 3 heteroatoms. The number of methoxy groups -OCH3 is 1. The second-order valence-electron chi connectivity index (χ2n) is 8.09. The van der Waals surface area contributed by atoms with Crippen LogP contribution in [-0.4, -0.2) is 43.3 Å². The second-order valence-corrected chi connectivity index (χ2v) is 8.09. The van der Waals surface area contributed by atoms with Gasteiger partial charge in [0.1, 0.15) is 0 Å². The van der Waals surface area contributed by atoms with Crippen molar-refractivity contribution in [3.05, 3.63) is 0 Å². The highest BCUT2D eigenvalue weighted by atomic mass is 16.5. The maximum atomic E-state index is 6.04. The Bertz CT molecular complexity index is 283. The van der Waals surface area contributed by atoms with Gasteiger partial charge >= 0.3 is 0 Å². The van der Waals surface area contributed by atoms with E-state index in [-0.39, 0.29) is 5.60 Å². The molecule has 1 rings (SSSR count). The van der Waals surface area contributed by atoms with Crippen LogP contribution in [0.3, 0.4) is 0 Å². The zero-order chi connectivity index (χ0) is 15.4. The van der Waals surface area contributed by atoms with Crippen LogP contribution in [0.1, 0.15) is 60.3 Å². The summed E-state index contributed by atoms with van der Waals surface area (Å²) in [5.74, 6) is 0.835. The monoisotopic (exact) mass is 284 g/mol. The first kappa shape index (κ1) is 17.9. The minimum Gasteiger partial charge on any atom is -0.379 e. The lowest BCUT2D eigenvalue weighted by molar-refractivity contribution is -0.00755. The summed E-state index contributed by atoms with van der Waals surface area (Å²) in [6.45, 7) is 14.5. The number of nitrogens with zero attached hydrogens (tertiary/aromatic N) is 1. The molecule has 3 nitrogen and oxygen atoms in total. The Labute approximate surface area is 126 Å². The van der Waals surface area contributed by atoms with Crippen molar-refractivity contribution in [2.45, 2.75) is 71.9 Å². The molecule has 1 fully saturated rings. The van der Waals surface area contributed by atoms with Crippen molar-refractivity contribution in [1.82, 2.24) is 4.90 Å². The molecule has 2 atom stereocenters. The molecule has 120 valence electrons. The Hall–Kier alpha value is -0.120. The van der Waals surface area contributed by atoms with Crippen LogP contribution in [0.4, 0.5) is 0 Å². The summed E-state index contributed by atoms with van der Waals surface area (Å²) in [5, 5.41) is 0. The van der Waals surface area contributed by atoms with E-state index in [1.54, 1.807) is 7.11 Å². The first-order valence-electron chi connectivity index (χ1n) is 8.19. The van der Waals surface area contributed by atoms with Gasteiger partial charge in [-0.05, 0) is 64.0 Å². The van der Waals surface area contributed by atoms with Gasteiger partial charge in [-0.15, -0.1) is 0 Å². The molecule has 1 heterocycles. The van der Waals surface area contributed by atoms with Gasteiger partial charge in [-0.2, -0.15) is 0 Å². The average molecular weight is 284 g/mol. The molecule has 0 aromatic rings. The summed E-state index contributed by atoms with van der Waals surface area (Å²) in [6.07, 6.45) is 4.96. The fraction of sp³-hybridized carbons (Fsp3) is 1.00. The number of ether oxygens (including phenoxy) is 1. The van der Waals surface area contributed by atoms with Crippen LogP contribution >= 0.6 is 0 Å². The van der Waals surface area contributed by atoms with Crippen LogP contribution in [-0.2, 0) is 4.74 Å². The van der Waals surface area contributed by atoms with Crippen LogP contribution in [0, 0.1) is 11.3 Å². The molecule has 2 N–H and O–H groups in total. The predicted molar refractivity (Wildman–Crippen MR) is 86.9 cm³/mol. The molecular formula is C17H36N2O. The predicted octanol–water partition coefficient (Wildman–Crippen LogP) is 3.28. The minimum absolute atomic E-state index is 0.0836. The van der Waals surface area contributed by atoms with E-state index in [0.717, 1.165) is 18.9 Å². The fourth-order valence-corrected chi connectivity index (χ4v) is 3.36. The number of rotatable bonds is 5. The molecule has 0 amide bonds. The normalized spacial score (nSPS) is 24.4. The van der Waals surface area contributed by atoms with Gasteiger partial charge in [-0.3, -0.25) is 4.90 Å². The molecule has 1 aliphatic heterocycles. The smallest absolute Gasteiger partial charge is 0.0638 e. The first-order valence-corrected chi connectivity index (χ1v) is 8.19. The van der Waals surface area contributed by atoms with Gasteiger partial charge in [0, 0.05) is 19.7 Å². The Morgan fingerprint density at radius 1 is 1.15 bits per heavy atom. The van der Waals surface area contributed by atoms with E-state index in [9.17, 15) is 0 Å². The van der Waals surface area contributed by atoms with Gasteiger partial charge in [-0.25, -0.2) is 0 Å². The van der Waals surface area contributed by atoms with Crippen LogP contribution in [0.15, 0.2) is 0 Å². The molecular weight excluding hydrogens is 248 g/mol. The Morgan fingerprint density at radius 3 is 2.30 bits per heavy atom. The largest absolute Gasteiger partial charge is 0.379 e. The van der Waals surface area contributed by atoms with Crippen LogP contribution in [0.25, 0.3) is 0 Å². The van der Waals surface area contributed by atoms with E-state index in [4.69, 9.17) is 10.5 Å². The number of hydrogen-bond donors (Lipinski definition) is 1. The minimum atomic E-state index is -0.0836. The van der Waals surface area contributed by atoms with E-state index >= 15 is 0 Å². The van der Waals surface area contributed by atoms with Crippen molar-refractivity contribution >= 4 is 0 Å². The Morgan fingerprint density at radius 2 is 1.80 bits per heavy atom. The quantitative estimate of drug-likeness (QED) is 0.842. The van der Waals surface area contributed by atoms with Crippen molar-refractivity contribution < 1.29 is 4.74 Å². The fourth-order valence-electron chi connectivity index (χ4n) is 3.36. The average Bonchev–Trinajstić information content (AvgIpc) is 2.61. The van der Waals surface area contributed by atoms with E-state index in [0.29, 0.717) is 11.5 Å². The SMILES string of the molecule is COC(C)(C)CC(CN)N1CCCC(C(C)(C)C)CC1. The lowest BCUT2D eigenvalue weighted by atomic mass is 9.77. The molecule has 0 bridgehead atoms. The van der Waals surface area contributed by atoms with E-state index in [1.807, 2.05) is 0 Å². The van der Waals surface area contributed by atoms with E-state index < -0.39 is 0 Å². The molecule has 0 aliphatic carbocycles. The summed E-state index contributed by atoms with van der Waals surface area (Å²) in [7, 11) is 1.80. The van der Waals surface area contributed by atoms with Crippen molar-refractivity contribution in [3.63, 3.8) is 0 Å². The third-order valence-electron chi connectivity index (χ3n) is 5.06. The van der Waals surface area contributed by atoms with Crippen LogP contribution in [0.2, 0.25) is 0 Å². The molecule has 1 saturated heterocycles. The third-order valence-corrected chi connectivity index (χ3v) is 5.06. The second kappa shape index (κ2) is 7.24. The molecule has 0 radical (unpaired) electrons. The molecule has 1 aliphatic rings. The van der Waals surface area contributed by atoms with Gasteiger partial charge in [0.2, 0.25) is 0 Å². The van der Waals surface area contributed by atoms with Crippen LogP contribution in [0.5, 0.6) is 0 Å².